The van der Waals surface area contributed by atoms with Gasteiger partial charge in [0.25, 0.3) is 0 Å². The van der Waals surface area contributed by atoms with Crippen LogP contribution in [0.15, 0.2) is 18.2 Å². The van der Waals surface area contributed by atoms with Crippen LogP contribution in [0.2, 0.25) is 10.0 Å². The van der Waals surface area contributed by atoms with E-state index in [9.17, 15) is 13.2 Å². The lowest BCUT2D eigenvalue weighted by Gasteiger charge is -2.26. The molecular formula is C16H20Cl2N2O3S. The number of anilines is 1. The van der Waals surface area contributed by atoms with Crippen molar-refractivity contribution in [1.82, 2.24) is 5.32 Å². The van der Waals surface area contributed by atoms with Gasteiger partial charge < -0.3 is 5.32 Å². The van der Waals surface area contributed by atoms with E-state index in [-0.39, 0.29) is 24.2 Å². The number of nitrogens with one attached hydrogen (secondary N) is 1. The molecule has 3 atom stereocenters. The highest BCUT2D eigenvalue weighted by molar-refractivity contribution is 7.92. The molecule has 2 saturated carbocycles. The quantitative estimate of drug-likeness (QED) is 0.839. The summed E-state index contributed by atoms with van der Waals surface area (Å²) >= 11 is 11.9. The lowest BCUT2D eigenvalue weighted by Crippen LogP contribution is -2.45. The van der Waals surface area contributed by atoms with E-state index < -0.39 is 10.0 Å². The first-order valence-corrected chi connectivity index (χ1v) is 10.6. The Balaban J connectivity index is 1.74. The van der Waals surface area contributed by atoms with Crippen molar-refractivity contribution in [3.63, 3.8) is 0 Å². The minimum Gasteiger partial charge on any atom is -0.352 e. The van der Waals surface area contributed by atoms with E-state index in [2.05, 4.69) is 5.32 Å². The minimum atomic E-state index is -3.64. The Kier molecular flexibility index (Phi) is 5.00. The summed E-state index contributed by atoms with van der Waals surface area (Å²) in [6.07, 6.45) is 5.62. The molecule has 1 aromatic carbocycles. The number of hydrogen-bond donors (Lipinski definition) is 1. The first-order valence-electron chi connectivity index (χ1n) is 7.95. The monoisotopic (exact) mass is 390 g/mol. The topological polar surface area (TPSA) is 66.5 Å². The summed E-state index contributed by atoms with van der Waals surface area (Å²) in [5.74, 6) is 0.943. The molecular weight excluding hydrogens is 371 g/mol. The fourth-order valence-electron chi connectivity index (χ4n) is 3.89. The van der Waals surface area contributed by atoms with E-state index >= 15 is 0 Å². The third-order valence-electron chi connectivity index (χ3n) is 4.91. The molecule has 24 heavy (non-hydrogen) atoms. The first-order chi connectivity index (χ1) is 11.2. The van der Waals surface area contributed by atoms with Crippen molar-refractivity contribution in [2.24, 2.45) is 11.8 Å². The minimum absolute atomic E-state index is 0.167. The van der Waals surface area contributed by atoms with Crippen LogP contribution in [0.4, 0.5) is 5.69 Å². The maximum atomic E-state index is 12.4. The molecule has 0 saturated heterocycles. The van der Waals surface area contributed by atoms with Crippen molar-refractivity contribution in [3.05, 3.63) is 28.2 Å². The number of carbonyl (C=O) groups excluding carboxylic acids is 1. The highest BCUT2D eigenvalue weighted by Gasteiger charge is 2.40. The number of amides is 1. The number of hydrogen-bond acceptors (Lipinski definition) is 3. The van der Waals surface area contributed by atoms with Crippen LogP contribution in [-0.4, -0.2) is 33.2 Å². The Morgan fingerprint density at radius 1 is 1.21 bits per heavy atom. The van der Waals surface area contributed by atoms with Crippen molar-refractivity contribution in [1.29, 1.82) is 0 Å². The average Bonchev–Trinajstić information content (AvgIpc) is 3.04. The second kappa shape index (κ2) is 6.73. The van der Waals surface area contributed by atoms with E-state index in [1.807, 2.05) is 0 Å². The summed E-state index contributed by atoms with van der Waals surface area (Å²) in [5.41, 5.74) is 0.290. The van der Waals surface area contributed by atoms with Gasteiger partial charge in [-0.25, -0.2) is 8.42 Å². The number of halogens is 2. The maximum Gasteiger partial charge on any atom is 0.241 e. The Labute approximate surface area is 152 Å². The highest BCUT2D eigenvalue weighted by Crippen LogP contribution is 2.44. The molecule has 1 aromatic rings. The first kappa shape index (κ1) is 17.8. The van der Waals surface area contributed by atoms with Gasteiger partial charge in [0.1, 0.15) is 6.54 Å². The van der Waals surface area contributed by atoms with Gasteiger partial charge in [0.2, 0.25) is 15.9 Å². The Morgan fingerprint density at radius 3 is 2.38 bits per heavy atom. The summed E-state index contributed by atoms with van der Waals surface area (Å²) in [6.45, 7) is -0.274. The van der Waals surface area contributed by atoms with Crippen LogP contribution in [0, 0.1) is 11.8 Å². The molecule has 1 N–H and O–H groups in total. The van der Waals surface area contributed by atoms with Crippen LogP contribution in [-0.2, 0) is 14.8 Å². The summed E-state index contributed by atoms with van der Waals surface area (Å²) in [7, 11) is -3.64. The predicted octanol–water partition coefficient (Wildman–Crippen LogP) is 3.06. The number of nitrogens with zero attached hydrogens (tertiary/aromatic N) is 1. The van der Waals surface area contributed by atoms with E-state index in [4.69, 9.17) is 23.2 Å². The van der Waals surface area contributed by atoms with Gasteiger partial charge in [-0.1, -0.05) is 29.6 Å². The molecule has 0 aliphatic heterocycles. The van der Waals surface area contributed by atoms with Crippen LogP contribution in [0.3, 0.4) is 0 Å². The van der Waals surface area contributed by atoms with Gasteiger partial charge in [-0.2, -0.15) is 0 Å². The number of rotatable bonds is 5. The standard InChI is InChI=1S/C16H20Cl2N2O3S/c1-24(22,23)20(14-7-12(17)6-13(18)8-14)9-16(21)19-15-5-10-2-3-11(15)4-10/h6-8,10-11,15H,2-5,9H2,1H3,(H,19,21)/t10-,11-,15-/m0/s1. The average molecular weight is 391 g/mol. The van der Waals surface area contributed by atoms with Crippen LogP contribution in [0.25, 0.3) is 0 Å². The molecule has 0 aromatic heterocycles. The van der Waals surface area contributed by atoms with Gasteiger partial charge in [-0.15, -0.1) is 0 Å². The fourth-order valence-corrected chi connectivity index (χ4v) is 5.24. The Morgan fingerprint density at radius 2 is 1.88 bits per heavy atom. The summed E-state index contributed by atoms with van der Waals surface area (Å²) < 4.78 is 25.3. The third-order valence-corrected chi connectivity index (χ3v) is 6.48. The van der Waals surface area contributed by atoms with E-state index in [1.165, 1.54) is 31.0 Å². The molecule has 8 heteroatoms. The Hall–Kier alpha value is -0.980. The smallest absolute Gasteiger partial charge is 0.241 e. The maximum absolute atomic E-state index is 12.4. The summed E-state index contributed by atoms with van der Waals surface area (Å²) in [5, 5.41) is 3.64. The van der Waals surface area contributed by atoms with Gasteiger partial charge in [-0.05, 0) is 49.3 Å². The van der Waals surface area contributed by atoms with Gasteiger partial charge in [-0.3, -0.25) is 9.10 Å². The van der Waals surface area contributed by atoms with Gasteiger partial charge in [0.05, 0.1) is 11.9 Å². The fraction of sp³-hybridized carbons (Fsp3) is 0.562. The third kappa shape index (κ3) is 3.98. The van der Waals surface area contributed by atoms with E-state index in [0.29, 0.717) is 21.9 Å². The van der Waals surface area contributed by atoms with Crippen LogP contribution < -0.4 is 9.62 Å². The lowest BCUT2D eigenvalue weighted by molar-refractivity contribution is -0.120. The van der Waals surface area contributed by atoms with Crippen molar-refractivity contribution >= 4 is 44.8 Å². The zero-order valence-electron chi connectivity index (χ0n) is 13.3. The van der Waals surface area contributed by atoms with E-state index in [0.717, 1.165) is 23.4 Å². The number of benzene rings is 1. The molecule has 1 amide bonds. The molecule has 5 nitrogen and oxygen atoms in total. The zero-order chi connectivity index (χ0) is 17.5. The second-order valence-corrected chi connectivity index (χ2v) is 9.53. The largest absolute Gasteiger partial charge is 0.352 e. The molecule has 2 aliphatic carbocycles. The predicted molar refractivity (Wildman–Crippen MR) is 96.0 cm³/mol. The number of carbonyl (C=O) groups is 1. The highest BCUT2D eigenvalue weighted by atomic mass is 35.5. The van der Waals surface area contributed by atoms with Crippen LogP contribution >= 0.6 is 23.2 Å². The normalized spacial score (nSPS) is 25.7. The van der Waals surface area contributed by atoms with Crippen molar-refractivity contribution in [3.8, 4) is 0 Å². The van der Waals surface area contributed by atoms with Crippen molar-refractivity contribution < 1.29 is 13.2 Å². The van der Waals surface area contributed by atoms with Crippen LogP contribution in [0.5, 0.6) is 0 Å². The van der Waals surface area contributed by atoms with Crippen molar-refractivity contribution in [2.75, 3.05) is 17.1 Å². The lowest BCUT2D eigenvalue weighted by atomic mass is 9.95. The van der Waals surface area contributed by atoms with Gasteiger partial charge in [0, 0.05) is 16.1 Å². The van der Waals surface area contributed by atoms with E-state index in [1.54, 1.807) is 0 Å². The zero-order valence-corrected chi connectivity index (χ0v) is 15.7. The molecule has 2 fully saturated rings. The summed E-state index contributed by atoms with van der Waals surface area (Å²) in [6, 6.07) is 4.65. The van der Waals surface area contributed by atoms with Gasteiger partial charge >= 0.3 is 0 Å². The molecule has 132 valence electrons. The second-order valence-electron chi connectivity index (χ2n) is 6.75. The van der Waals surface area contributed by atoms with Gasteiger partial charge in [0.15, 0.2) is 0 Å². The molecule has 0 radical (unpaired) electrons. The number of sulfonamides is 1. The van der Waals surface area contributed by atoms with Crippen molar-refractivity contribution in [2.45, 2.75) is 31.7 Å². The molecule has 0 heterocycles. The molecule has 2 aliphatic rings. The molecule has 0 spiro atoms. The molecule has 3 rings (SSSR count). The Bertz CT molecular complexity index is 733. The van der Waals surface area contributed by atoms with Crippen LogP contribution in [0.1, 0.15) is 25.7 Å². The number of fused-ring (bicyclic) bond motifs is 2. The molecule has 0 unspecified atom stereocenters. The molecule has 2 bridgehead atoms. The SMILES string of the molecule is CS(=O)(=O)N(CC(=O)N[C@H]1C[C@H]2CC[C@H]1C2)c1cc(Cl)cc(Cl)c1. The summed E-state index contributed by atoms with van der Waals surface area (Å²) in [4.78, 5) is 12.4.